The molecule has 3 N–H and O–H groups in total. The Kier molecular flexibility index (Phi) is 4.43. The van der Waals surface area contributed by atoms with Crippen LogP contribution in [0.4, 0.5) is 14.5 Å². The van der Waals surface area contributed by atoms with Crippen LogP contribution in [0.1, 0.15) is 17.2 Å². The molecule has 3 nitrogen and oxygen atoms in total. The lowest BCUT2D eigenvalue weighted by molar-refractivity contribution is -0.118. The predicted molar refractivity (Wildman–Crippen MR) is 78.1 cm³/mol. The molecule has 110 valence electrons. The summed E-state index contributed by atoms with van der Waals surface area (Å²) in [6.07, 6.45) is 0. The monoisotopic (exact) mass is 310 g/mol. The fraction of sp³-hybridized carbons (Fsp3) is 0.133. The van der Waals surface area contributed by atoms with Crippen LogP contribution in [-0.2, 0) is 4.79 Å². The van der Waals surface area contributed by atoms with Crippen LogP contribution in [0.2, 0.25) is 5.02 Å². The van der Waals surface area contributed by atoms with Crippen molar-refractivity contribution < 1.29 is 13.6 Å². The van der Waals surface area contributed by atoms with Crippen LogP contribution < -0.4 is 11.1 Å². The predicted octanol–water partition coefficient (Wildman–Crippen LogP) is 3.57. The van der Waals surface area contributed by atoms with Gasteiger partial charge < -0.3 is 11.1 Å². The van der Waals surface area contributed by atoms with Gasteiger partial charge in [-0.1, -0.05) is 17.7 Å². The van der Waals surface area contributed by atoms with Gasteiger partial charge in [0.1, 0.15) is 17.7 Å². The fourth-order valence-corrected chi connectivity index (χ4v) is 2.11. The zero-order valence-electron chi connectivity index (χ0n) is 11.2. The van der Waals surface area contributed by atoms with Gasteiger partial charge in [-0.15, -0.1) is 0 Å². The second-order valence-electron chi connectivity index (χ2n) is 4.67. The first-order valence-electron chi connectivity index (χ1n) is 6.15. The smallest absolute Gasteiger partial charge is 0.244 e. The number of aryl methyl sites for hydroxylation is 1. The van der Waals surface area contributed by atoms with Crippen molar-refractivity contribution in [1.82, 2.24) is 0 Å². The van der Waals surface area contributed by atoms with E-state index in [1.54, 1.807) is 13.0 Å². The molecule has 0 saturated carbocycles. The maximum atomic E-state index is 13.5. The van der Waals surface area contributed by atoms with Crippen LogP contribution in [0.3, 0.4) is 0 Å². The van der Waals surface area contributed by atoms with Crippen molar-refractivity contribution in [3.63, 3.8) is 0 Å². The topological polar surface area (TPSA) is 55.1 Å². The van der Waals surface area contributed by atoms with Crippen LogP contribution in [0.15, 0.2) is 36.4 Å². The van der Waals surface area contributed by atoms with Crippen molar-refractivity contribution in [3.8, 4) is 0 Å². The molecule has 0 aliphatic heterocycles. The van der Waals surface area contributed by atoms with Crippen molar-refractivity contribution in [2.24, 2.45) is 5.73 Å². The number of halogens is 3. The quantitative estimate of drug-likeness (QED) is 0.907. The highest BCUT2D eigenvalue weighted by atomic mass is 35.5. The molecule has 0 fully saturated rings. The lowest BCUT2D eigenvalue weighted by Gasteiger charge is -2.18. The number of hydrogen-bond acceptors (Lipinski definition) is 2. The number of carbonyl (C=O) groups excluding carboxylic acids is 1. The molecule has 2 rings (SSSR count). The Labute approximate surface area is 125 Å². The SMILES string of the molecule is Cc1cc(F)cc(NC(C(N)=O)c2ccc(Cl)c(F)c2)c1. The summed E-state index contributed by atoms with van der Waals surface area (Å²) in [7, 11) is 0. The van der Waals surface area contributed by atoms with Gasteiger partial charge in [0.25, 0.3) is 0 Å². The molecule has 0 heterocycles. The highest BCUT2D eigenvalue weighted by molar-refractivity contribution is 6.30. The largest absolute Gasteiger partial charge is 0.370 e. The van der Waals surface area contributed by atoms with E-state index in [9.17, 15) is 13.6 Å². The molecule has 0 radical (unpaired) electrons. The number of nitrogens with one attached hydrogen (secondary N) is 1. The number of amides is 1. The fourth-order valence-electron chi connectivity index (χ4n) is 2.00. The highest BCUT2D eigenvalue weighted by Gasteiger charge is 2.19. The Balaban J connectivity index is 2.35. The maximum Gasteiger partial charge on any atom is 0.244 e. The van der Waals surface area contributed by atoms with E-state index in [1.165, 1.54) is 24.3 Å². The third kappa shape index (κ3) is 3.70. The van der Waals surface area contributed by atoms with E-state index in [0.717, 1.165) is 6.07 Å². The second kappa shape index (κ2) is 6.10. The van der Waals surface area contributed by atoms with Crippen molar-refractivity contribution in [2.75, 3.05) is 5.32 Å². The average molecular weight is 311 g/mol. The Bertz CT molecular complexity index is 671. The first kappa shape index (κ1) is 15.3. The lowest BCUT2D eigenvalue weighted by Crippen LogP contribution is -2.27. The van der Waals surface area contributed by atoms with Crippen molar-refractivity contribution in [2.45, 2.75) is 13.0 Å². The molecule has 0 aliphatic rings. The summed E-state index contributed by atoms with van der Waals surface area (Å²) in [6, 6.07) is 7.20. The molecule has 2 aromatic rings. The van der Waals surface area contributed by atoms with Crippen LogP contribution in [0.5, 0.6) is 0 Å². The molecule has 1 amide bonds. The van der Waals surface area contributed by atoms with E-state index in [2.05, 4.69) is 5.32 Å². The van der Waals surface area contributed by atoms with Gasteiger partial charge in [-0.3, -0.25) is 4.79 Å². The summed E-state index contributed by atoms with van der Waals surface area (Å²) in [5.74, 6) is -1.81. The van der Waals surface area contributed by atoms with Gasteiger partial charge in [0.05, 0.1) is 5.02 Å². The molecule has 0 aromatic heterocycles. The zero-order valence-corrected chi connectivity index (χ0v) is 11.9. The first-order valence-corrected chi connectivity index (χ1v) is 6.52. The summed E-state index contributed by atoms with van der Waals surface area (Å²) < 4.78 is 26.9. The molecule has 0 saturated heterocycles. The van der Waals surface area contributed by atoms with E-state index < -0.39 is 23.6 Å². The molecule has 0 bridgehead atoms. The molecule has 0 spiro atoms. The number of rotatable bonds is 4. The minimum atomic E-state index is -0.988. The Morgan fingerprint density at radius 3 is 2.52 bits per heavy atom. The Morgan fingerprint density at radius 1 is 1.24 bits per heavy atom. The summed E-state index contributed by atoms with van der Waals surface area (Å²) >= 11 is 5.61. The molecule has 21 heavy (non-hydrogen) atoms. The highest BCUT2D eigenvalue weighted by Crippen LogP contribution is 2.24. The summed E-state index contributed by atoms with van der Waals surface area (Å²) in [5.41, 5.74) is 6.71. The summed E-state index contributed by atoms with van der Waals surface area (Å²) in [4.78, 5) is 11.6. The number of anilines is 1. The molecular weight excluding hydrogens is 298 g/mol. The van der Waals surface area contributed by atoms with E-state index in [-0.39, 0.29) is 5.02 Å². The molecule has 1 unspecified atom stereocenters. The standard InChI is InChI=1S/C15H13ClF2N2O/c1-8-4-10(17)7-11(5-8)20-14(15(19)21)9-2-3-12(16)13(18)6-9/h2-7,14,20H,1H3,(H2,19,21). The van der Waals surface area contributed by atoms with Crippen LogP contribution >= 0.6 is 11.6 Å². The Morgan fingerprint density at radius 2 is 1.95 bits per heavy atom. The van der Waals surface area contributed by atoms with E-state index in [1.807, 2.05) is 0 Å². The van der Waals surface area contributed by atoms with Crippen molar-refractivity contribution >= 4 is 23.2 Å². The third-order valence-corrected chi connectivity index (χ3v) is 3.22. The van der Waals surface area contributed by atoms with Gasteiger partial charge in [0.15, 0.2) is 0 Å². The average Bonchev–Trinajstić information content (AvgIpc) is 2.38. The van der Waals surface area contributed by atoms with Gasteiger partial charge >= 0.3 is 0 Å². The van der Waals surface area contributed by atoms with E-state index >= 15 is 0 Å². The number of carbonyl (C=O) groups is 1. The molecule has 6 heteroatoms. The first-order chi connectivity index (χ1) is 9.86. The van der Waals surface area contributed by atoms with Crippen molar-refractivity contribution in [1.29, 1.82) is 0 Å². The molecule has 1 atom stereocenters. The van der Waals surface area contributed by atoms with Gasteiger partial charge in [-0.2, -0.15) is 0 Å². The van der Waals surface area contributed by atoms with Gasteiger partial charge in [-0.05, 0) is 48.4 Å². The second-order valence-corrected chi connectivity index (χ2v) is 5.08. The van der Waals surface area contributed by atoms with Crippen LogP contribution in [-0.4, -0.2) is 5.91 Å². The molecule has 0 aliphatic carbocycles. The van der Waals surface area contributed by atoms with Gasteiger partial charge in [0, 0.05) is 5.69 Å². The van der Waals surface area contributed by atoms with Crippen molar-refractivity contribution in [3.05, 3.63) is 64.2 Å². The molecule has 2 aromatic carbocycles. The minimum absolute atomic E-state index is 0.0522. The van der Waals surface area contributed by atoms with E-state index in [4.69, 9.17) is 17.3 Å². The Hall–Kier alpha value is -2.14. The zero-order chi connectivity index (χ0) is 15.6. The van der Waals surface area contributed by atoms with Gasteiger partial charge in [-0.25, -0.2) is 8.78 Å². The lowest BCUT2D eigenvalue weighted by atomic mass is 10.1. The summed E-state index contributed by atoms with van der Waals surface area (Å²) in [5, 5.41) is 2.75. The van der Waals surface area contributed by atoms with Crippen LogP contribution in [0, 0.1) is 18.6 Å². The minimum Gasteiger partial charge on any atom is -0.370 e. The number of benzene rings is 2. The third-order valence-electron chi connectivity index (χ3n) is 2.91. The normalized spacial score (nSPS) is 12.0. The number of primary amides is 1. The van der Waals surface area contributed by atoms with Gasteiger partial charge in [0.2, 0.25) is 5.91 Å². The molecular formula is C15H13ClF2N2O. The van der Waals surface area contributed by atoms with E-state index in [0.29, 0.717) is 16.8 Å². The van der Waals surface area contributed by atoms with Crippen LogP contribution in [0.25, 0.3) is 0 Å². The number of hydrogen-bond donors (Lipinski definition) is 2. The maximum absolute atomic E-state index is 13.5. The summed E-state index contributed by atoms with van der Waals surface area (Å²) in [6.45, 7) is 1.72. The number of nitrogens with two attached hydrogens (primary N) is 1.